The van der Waals surface area contributed by atoms with Crippen molar-refractivity contribution >= 4 is 5.91 Å². The number of hydrogen-bond donors (Lipinski definition) is 2. The summed E-state index contributed by atoms with van der Waals surface area (Å²) in [6, 6.07) is 17.4. The normalized spacial score (nSPS) is 19.2. The number of rotatable bonds is 6. The highest BCUT2D eigenvalue weighted by atomic mass is 16.5. The van der Waals surface area contributed by atoms with Crippen molar-refractivity contribution in [2.45, 2.75) is 18.4 Å². The Labute approximate surface area is 170 Å². The minimum absolute atomic E-state index is 0.00302. The maximum Gasteiger partial charge on any atom is 0.224 e. The number of likely N-dealkylation sites (N-methyl/N-ethyl adjacent to an activating group) is 1. The van der Waals surface area contributed by atoms with E-state index in [0.717, 1.165) is 35.8 Å². The first-order valence-corrected chi connectivity index (χ1v) is 9.71. The molecule has 0 bridgehead atoms. The van der Waals surface area contributed by atoms with E-state index >= 15 is 0 Å². The number of amides is 1. The molecule has 0 aliphatic carbocycles. The molecule has 1 amide bonds. The largest absolute Gasteiger partial charge is 0.497 e. The van der Waals surface area contributed by atoms with Gasteiger partial charge in [-0.2, -0.15) is 5.10 Å². The van der Waals surface area contributed by atoms with Crippen LogP contribution in [-0.4, -0.2) is 59.3 Å². The highest BCUT2D eigenvalue weighted by molar-refractivity contribution is 5.79. The molecule has 4 rings (SSSR count). The molecular formula is C22H25N5O2. The van der Waals surface area contributed by atoms with Crippen LogP contribution in [0.3, 0.4) is 0 Å². The minimum atomic E-state index is -0.0117. The lowest BCUT2D eigenvalue weighted by Gasteiger charge is -2.18. The summed E-state index contributed by atoms with van der Waals surface area (Å²) >= 11 is 0. The van der Waals surface area contributed by atoms with Gasteiger partial charge in [0.2, 0.25) is 5.91 Å². The predicted molar refractivity (Wildman–Crippen MR) is 111 cm³/mol. The van der Waals surface area contributed by atoms with Crippen LogP contribution in [0.25, 0.3) is 11.4 Å². The molecule has 1 aromatic heterocycles. The average Bonchev–Trinajstić information content (AvgIpc) is 3.36. The molecule has 1 aliphatic rings. The van der Waals surface area contributed by atoms with E-state index in [1.807, 2.05) is 54.6 Å². The van der Waals surface area contributed by atoms with Gasteiger partial charge in [0.05, 0.1) is 25.5 Å². The van der Waals surface area contributed by atoms with Crippen molar-refractivity contribution in [3.8, 4) is 17.1 Å². The van der Waals surface area contributed by atoms with Crippen molar-refractivity contribution < 1.29 is 9.53 Å². The lowest BCUT2D eigenvalue weighted by atomic mass is 10.0. The minimum Gasteiger partial charge on any atom is -0.497 e. The number of hydrogen-bond acceptors (Lipinski definition) is 5. The Bertz CT molecular complexity index is 955. The van der Waals surface area contributed by atoms with E-state index in [0.29, 0.717) is 12.2 Å². The van der Waals surface area contributed by atoms with Crippen molar-refractivity contribution in [2.75, 3.05) is 27.2 Å². The predicted octanol–water partition coefficient (Wildman–Crippen LogP) is 2.24. The van der Waals surface area contributed by atoms with Crippen molar-refractivity contribution in [1.82, 2.24) is 25.4 Å². The lowest BCUT2D eigenvalue weighted by molar-refractivity contribution is -0.121. The van der Waals surface area contributed by atoms with E-state index in [1.54, 1.807) is 7.11 Å². The molecule has 2 N–H and O–H groups in total. The Morgan fingerprint density at radius 2 is 1.93 bits per heavy atom. The standard InChI is InChI=1S/C22H25N5O2/c1-27-13-18(22-24-21(25-26-22)16-6-4-3-5-7-16)19(14-27)23-20(28)12-15-8-10-17(29-2)11-9-15/h3-11,18-19H,12-14H2,1-2H3,(H,23,28)(H,24,25,26)/t18-,19-/m1/s1. The second-order valence-corrected chi connectivity index (χ2v) is 7.44. The molecule has 7 heteroatoms. The van der Waals surface area contributed by atoms with Gasteiger partial charge in [0.15, 0.2) is 5.82 Å². The number of aromatic nitrogens is 3. The molecule has 0 spiro atoms. The second-order valence-electron chi connectivity index (χ2n) is 7.44. The van der Waals surface area contributed by atoms with Gasteiger partial charge >= 0.3 is 0 Å². The summed E-state index contributed by atoms with van der Waals surface area (Å²) in [5.41, 5.74) is 1.93. The molecule has 29 heavy (non-hydrogen) atoms. The van der Waals surface area contributed by atoms with Gasteiger partial charge < -0.3 is 15.0 Å². The average molecular weight is 391 g/mol. The third-order valence-electron chi connectivity index (χ3n) is 5.26. The van der Waals surface area contributed by atoms with Gasteiger partial charge in [0.25, 0.3) is 0 Å². The van der Waals surface area contributed by atoms with Crippen LogP contribution >= 0.6 is 0 Å². The molecule has 1 aliphatic heterocycles. The zero-order valence-electron chi connectivity index (χ0n) is 16.6. The van der Waals surface area contributed by atoms with Crippen LogP contribution in [0.15, 0.2) is 54.6 Å². The third-order valence-corrected chi connectivity index (χ3v) is 5.26. The number of likely N-dealkylation sites (tertiary alicyclic amines) is 1. The van der Waals surface area contributed by atoms with E-state index in [4.69, 9.17) is 9.72 Å². The molecule has 0 saturated carbocycles. The number of H-pyrrole nitrogens is 1. The first-order chi connectivity index (χ1) is 14.1. The number of ether oxygens (including phenoxy) is 1. The van der Waals surface area contributed by atoms with Crippen LogP contribution in [-0.2, 0) is 11.2 Å². The Morgan fingerprint density at radius 3 is 2.66 bits per heavy atom. The summed E-state index contributed by atoms with van der Waals surface area (Å²) < 4.78 is 5.17. The Kier molecular flexibility index (Phi) is 5.57. The van der Waals surface area contributed by atoms with Gasteiger partial charge in [0.1, 0.15) is 11.6 Å². The third kappa shape index (κ3) is 4.46. The number of nitrogens with zero attached hydrogens (tertiary/aromatic N) is 3. The molecule has 7 nitrogen and oxygen atoms in total. The molecule has 2 heterocycles. The molecule has 1 saturated heterocycles. The zero-order chi connectivity index (χ0) is 20.2. The lowest BCUT2D eigenvalue weighted by Crippen LogP contribution is -2.40. The maximum atomic E-state index is 12.6. The molecule has 0 unspecified atom stereocenters. The van der Waals surface area contributed by atoms with Crippen molar-refractivity contribution in [1.29, 1.82) is 0 Å². The SMILES string of the molecule is COc1ccc(CC(=O)N[C@@H]2CN(C)C[C@H]2c2nc(-c3ccccc3)n[nH]2)cc1. The van der Waals surface area contributed by atoms with Gasteiger partial charge in [-0.25, -0.2) is 4.98 Å². The highest BCUT2D eigenvalue weighted by Crippen LogP contribution is 2.26. The number of methoxy groups -OCH3 is 1. The molecule has 150 valence electrons. The first kappa shape index (κ1) is 19.1. The maximum absolute atomic E-state index is 12.6. The van der Waals surface area contributed by atoms with E-state index in [1.165, 1.54) is 0 Å². The summed E-state index contributed by atoms with van der Waals surface area (Å²) in [6.07, 6.45) is 0.336. The highest BCUT2D eigenvalue weighted by Gasteiger charge is 2.35. The molecule has 0 radical (unpaired) electrons. The van der Waals surface area contributed by atoms with Gasteiger partial charge in [-0.3, -0.25) is 9.89 Å². The van der Waals surface area contributed by atoms with E-state index in [-0.39, 0.29) is 17.9 Å². The summed E-state index contributed by atoms with van der Waals surface area (Å²) in [4.78, 5) is 19.5. The zero-order valence-corrected chi connectivity index (χ0v) is 16.6. The van der Waals surface area contributed by atoms with E-state index < -0.39 is 0 Å². The molecule has 2 aromatic carbocycles. The van der Waals surface area contributed by atoms with Crippen LogP contribution < -0.4 is 10.1 Å². The van der Waals surface area contributed by atoms with Crippen molar-refractivity contribution in [3.05, 3.63) is 66.0 Å². The van der Waals surface area contributed by atoms with Crippen molar-refractivity contribution in [3.63, 3.8) is 0 Å². The van der Waals surface area contributed by atoms with E-state index in [9.17, 15) is 4.79 Å². The molecule has 3 aromatic rings. The van der Waals surface area contributed by atoms with Gasteiger partial charge in [0, 0.05) is 18.7 Å². The second kappa shape index (κ2) is 8.45. The number of carbonyl (C=O) groups excluding carboxylic acids is 1. The summed E-state index contributed by atoms with van der Waals surface area (Å²) in [6.45, 7) is 1.59. The van der Waals surface area contributed by atoms with Crippen LogP contribution in [0.1, 0.15) is 17.3 Å². The fourth-order valence-electron chi connectivity index (χ4n) is 3.77. The summed E-state index contributed by atoms with van der Waals surface area (Å²) in [5.74, 6) is 2.35. The van der Waals surface area contributed by atoms with Gasteiger partial charge in [-0.1, -0.05) is 42.5 Å². The Morgan fingerprint density at radius 1 is 1.17 bits per heavy atom. The Balaban J connectivity index is 1.44. The van der Waals surface area contributed by atoms with E-state index in [2.05, 4.69) is 27.5 Å². The fourth-order valence-corrected chi connectivity index (χ4v) is 3.77. The van der Waals surface area contributed by atoms with Gasteiger partial charge in [-0.05, 0) is 24.7 Å². The smallest absolute Gasteiger partial charge is 0.224 e. The van der Waals surface area contributed by atoms with Crippen LogP contribution in [0.2, 0.25) is 0 Å². The van der Waals surface area contributed by atoms with Crippen LogP contribution in [0.4, 0.5) is 0 Å². The quantitative estimate of drug-likeness (QED) is 0.673. The fraction of sp³-hybridized carbons (Fsp3) is 0.318. The molecule has 2 atom stereocenters. The van der Waals surface area contributed by atoms with Crippen molar-refractivity contribution in [2.24, 2.45) is 0 Å². The van der Waals surface area contributed by atoms with Crippen LogP contribution in [0.5, 0.6) is 5.75 Å². The summed E-state index contributed by atoms with van der Waals surface area (Å²) in [5, 5.41) is 10.6. The van der Waals surface area contributed by atoms with Gasteiger partial charge in [-0.15, -0.1) is 0 Å². The monoisotopic (exact) mass is 391 g/mol. The first-order valence-electron chi connectivity index (χ1n) is 9.71. The number of benzene rings is 2. The molecular weight excluding hydrogens is 366 g/mol. The van der Waals surface area contributed by atoms with Crippen LogP contribution in [0, 0.1) is 0 Å². The topological polar surface area (TPSA) is 83.1 Å². The number of aromatic amines is 1. The molecule has 1 fully saturated rings. The Hall–Kier alpha value is -3.19. The number of nitrogens with one attached hydrogen (secondary N) is 2. The number of carbonyl (C=O) groups is 1. The summed E-state index contributed by atoms with van der Waals surface area (Å²) in [7, 11) is 3.68.